The van der Waals surface area contributed by atoms with Gasteiger partial charge >= 0.3 is 12.3 Å². The Hall–Kier alpha value is -3.28. The summed E-state index contributed by atoms with van der Waals surface area (Å²) in [5, 5.41) is 6.22. The molecule has 0 spiro atoms. The SMILES string of the molecule is C=CCCCCN(C)C(=O)[C@@H]1C[C@H](OC(=O)Nc2cc(C(F)(F)F)ccc2C2=NC(CC)CS2)C[C@H]1C(=O)N[C@]1(CC)C[C@H]1C=C. The van der Waals surface area contributed by atoms with Crippen molar-refractivity contribution < 1.29 is 32.3 Å². The predicted octanol–water partition coefficient (Wildman–Crippen LogP) is 7.21. The number of ether oxygens (including phenoxy) is 1. The smallest absolute Gasteiger partial charge is 0.416 e. The third kappa shape index (κ3) is 8.35. The summed E-state index contributed by atoms with van der Waals surface area (Å²) < 4.78 is 46.5. The number of aliphatic imine (C=N–C) groups is 1. The molecule has 1 aromatic carbocycles. The zero-order chi connectivity index (χ0) is 33.6. The van der Waals surface area contributed by atoms with Crippen molar-refractivity contribution in [3.8, 4) is 0 Å². The molecule has 6 atom stereocenters. The van der Waals surface area contributed by atoms with E-state index in [9.17, 15) is 27.6 Å². The molecule has 3 aliphatic rings. The van der Waals surface area contributed by atoms with Gasteiger partial charge in [-0.3, -0.25) is 19.9 Å². The van der Waals surface area contributed by atoms with Gasteiger partial charge in [0.1, 0.15) is 11.1 Å². The maximum absolute atomic E-state index is 13.6. The molecule has 0 aromatic heterocycles. The highest BCUT2D eigenvalue weighted by Crippen LogP contribution is 2.48. The number of carbonyl (C=O) groups is 3. The normalized spacial score (nSPS) is 27.0. The summed E-state index contributed by atoms with van der Waals surface area (Å²) in [5.74, 6) is -1.05. The number of hydrogen-bond acceptors (Lipinski definition) is 6. The Labute approximate surface area is 273 Å². The number of rotatable bonds is 14. The van der Waals surface area contributed by atoms with Gasteiger partial charge in [-0.25, -0.2) is 4.79 Å². The van der Waals surface area contributed by atoms with E-state index in [4.69, 9.17) is 4.74 Å². The second-order valence-corrected chi connectivity index (χ2v) is 13.5. The van der Waals surface area contributed by atoms with Crippen LogP contribution >= 0.6 is 11.8 Å². The number of nitrogens with one attached hydrogen (secondary N) is 2. The van der Waals surface area contributed by atoms with E-state index in [2.05, 4.69) is 28.8 Å². The largest absolute Gasteiger partial charge is 0.446 e. The molecule has 0 radical (unpaired) electrons. The Morgan fingerprint density at radius 2 is 1.91 bits per heavy atom. The van der Waals surface area contributed by atoms with Gasteiger partial charge in [-0.05, 0) is 69.6 Å². The van der Waals surface area contributed by atoms with E-state index in [1.807, 2.05) is 26.0 Å². The summed E-state index contributed by atoms with van der Waals surface area (Å²) in [6.07, 6.45) is 2.32. The van der Waals surface area contributed by atoms with Gasteiger partial charge in [0.2, 0.25) is 11.8 Å². The Bertz CT molecular complexity index is 1350. The van der Waals surface area contributed by atoms with E-state index >= 15 is 0 Å². The van der Waals surface area contributed by atoms with Gasteiger partial charge < -0.3 is 15.0 Å². The maximum Gasteiger partial charge on any atom is 0.416 e. The highest BCUT2D eigenvalue weighted by molar-refractivity contribution is 8.14. The van der Waals surface area contributed by atoms with Gasteiger partial charge in [0.25, 0.3) is 0 Å². The number of allylic oxidation sites excluding steroid dienone is 1. The molecule has 1 aromatic rings. The van der Waals surface area contributed by atoms with Crippen LogP contribution in [0.4, 0.5) is 23.7 Å². The van der Waals surface area contributed by atoms with Crippen molar-refractivity contribution in [1.82, 2.24) is 10.2 Å². The maximum atomic E-state index is 13.6. The van der Waals surface area contributed by atoms with Crippen molar-refractivity contribution in [3.05, 3.63) is 54.6 Å². The first-order valence-corrected chi connectivity index (χ1v) is 17.0. The zero-order valence-corrected chi connectivity index (χ0v) is 27.6. The Morgan fingerprint density at radius 1 is 1.17 bits per heavy atom. The van der Waals surface area contributed by atoms with Crippen molar-refractivity contribution in [2.45, 2.75) is 89.1 Å². The minimum Gasteiger partial charge on any atom is -0.446 e. The molecule has 1 heterocycles. The van der Waals surface area contributed by atoms with Gasteiger partial charge in [-0.15, -0.1) is 24.9 Å². The number of amides is 3. The predicted molar refractivity (Wildman–Crippen MR) is 176 cm³/mol. The van der Waals surface area contributed by atoms with Crippen LogP contribution < -0.4 is 10.6 Å². The van der Waals surface area contributed by atoms with E-state index in [0.717, 1.165) is 44.2 Å². The summed E-state index contributed by atoms with van der Waals surface area (Å²) >= 11 is 1.43. The third-order valence-electron chi connectivity index (χ3n) is 9.39. The zero-order valence-electron chi connectivity index (χ0n) is 26.8. The number of halogens is 3. The lowest BCUT2D eigenvalue weighted by Gasteiger charge is -2.26. The second-order valence-electron chi connectivity index (χ2n) is 12.5. The van der Waals surface area contributed by atoms with Crippen LogP contribution in [0.5, 0.6) is 0 Å². The van der Waals surface area contributed by atoms with Gasteiger partial charge in [-0.1, -0.05) is 26.0 Å². The van der Waals surface area contributed by atoms with Crippen molar-refractivity contribution in [2.75, 3.05) is 24.7 Å². The molecule has 12 heteroatoms. The third-order valence-corrected chi connectivity index (χ3v) is 10.5. The molecule has 3 amide bonds. The molecule has 2 fully saturated rings. The molecule has 46 heavy (non-hydrogen) atoms. The highest BCUT2D eigenvalue weighted by atomic mass is 32.2. The molecule has 0 bridgehead atoms. The number of anilines is 1. The monoisotopic (exact) mass is 662 g/mol. The fourth-order valence-electron chi connectivity index (χ4n) is 6.37. The number of unbranched alkanes of at least 4 members (excludes halogenated alkanes) is 2. The Kier molecular flexibility index (Phi) is 11.7. The first kappa shape index (κ1) is 35.6. The average Bonchev–Trinajstić information content (AvgIpc) is 3.30. The summed E-state index contributed by atoms with van der Waals surface area (Å²) in [5.41, 5.74) is -0.982. The van der Waals surface area contributed by atoms with Gasteiger partial charge in [0.05, 0.1) is 29.1 Å². The van der Waals surface area contributed by atoms with Crippen molar-refractivity contribution in [2.24, 2.45) is 22.7 Å². The van der Waals surface area contributed by atoms with Crippen molar-refractivity contribution in [1.29, 1.82) is 0 Å². The Balaban J connectivity index is 1.51. The molecule has 4 rings (SSSR count). The lowest BCUT2D eigenvalue weighted by Crippen LogP contribution is -2.45. The van der Waals surface area contributed by atoms with E-state index in [-0.39, 0.29) is 42.3 Å². The number of thioether (sulfide) groups is 1. The van der Waals surface area contributed by atoms with Crippen LogP contribution in [0.1, 0.15) is 76.3 Å². The van der Waals surface area contributed by atoms with Crippen LogP contribution in [-0.2, 0) is 20.5 Å². The number of alkyl halides is 3. The first-order valence-electron chi connectivity index (χ1n) is 16.1. The van der Waals surface area contributed by atoms with Crippen LogP contribution in [0.2, 0.25) is 0 Å². The minimum absolute atomic E-state index is 0.0440. The molecule has 1 aliphatic heterocycles. The number of carbonyl (C=O) groups excluding carboxylic acids is 3. The topological polar surface area (TPSA) is 100 Å². The van der Waals surface area contributed by atoms with E-state index in [0.29, 0.717) is 29.3 Å². The van der Waals surface area contributed by atoms with E-state index < -0.39 is 41.3 Å². The first-order chi connectivity index (χ1) is 21.8. The Morgan fingerprint density at radius 3 is 2.52 bits per heavy atom. The van der Waals surface area contributed by atoms with E-state index in [1.165, 1.54) is 17.8 Å². The van der Waals surface area contributed by atoms with Gasteiger partial charge in [0.15, 0.2) is 0 Å². The van der Waals surface area contributed by atoms with Crippen LogP contribution in [0.15, 0.2) is 48.5 Å². The summed E-state index contributed by atoms with van der Waals surface area (Å²) in [6, 6.07) is 3.21. The lowest BCUT2D eigenvalue weighted by molar-refractivity contribution is -0.140. The summed E-state index contributed by atoms with van der Waals surface area (Å²) in [7, 11) is 1.70. The van der Waals surface area contributed by atoms with Crippen LogP contribution in [0.3, 0.4) is 0 Å². The van der Waals surface area contributed by atoms with Crippen molar-refractivity contribution in [3.63, 3.8) is 0 Å². The van der Waals surface area contributed by atoms with Crippen LogP contribution in [0.25, 0.3) is 0 Å². The molecule has 2 saturated carbocycles. The molecule has 1 unspecified atom stereocenters. The molecule has 2 N–H and O–H groups in total. The second kappa shape index (κ2) is 15.1. The quantitative estimate of drug-likeness (QED) is 0.162. The van der Waals surface area contributed by atoms with Crippen LogP contribution in [0, 0.1) is 17.8 Å². The number of nitrogens with zero attached hydrogens (tertiary/aromatic N) is 2. The highest BCUT2D eigenvalue weighted by Gasteiger charge is 2.54. The summed E-state index contributed by atoms with van der Waals surface area (Å²) in [6.45, 7) is 12.1. The molecule has 252 valence electrons. The molecular formula is C34H45F3N4O4S. The van der Waals surface area contributed by atoms with Gasteiger partial charge in [-0.2, -0.15) is 13.2 Å². The molecule has 0 saturated heterocycles. The minimum atomic E-state index is -4.62. The van der Waals surface area contributed by atoms with Gasteiger partial charge in [0, 0.05) is 36.4 Å². The number of benzene rings is 1. The standard InChI is InChI=1S/C34H45F3N4O4S/c1-6-10-11-12-15-41(5)31(43)27-18-24(17-26(27)29(42)40-33(9-4)19-21(33)7-2)45-32(44)39-28-16-22(34(35,36)37)13-14-25(28)30-38-23(8-3)20-46-30/h6-7,13-14,16,21,23-24,26-27H,1-2,8-12,15,17-20H2,3-5H3,(H,39,44)(H,40,42)/t21-,23?,24-,26-,27-,33-/m1/s1. The molecule has 8 nitrogen and oxygen atoms in total. The van der Waals surface area contributed by atoms with Crippen LogP contribution in [-0.4, -0.2) is 64.9 Å². The lowest BCUT2D eigenvalue weighted by atomic mass is 9.93. The number of hydrogen-bond donors (Lipinski definition) is 2. The van der Waals surface area contributed by atoms with Crippen molar-refractivity contribution >= 4 is 40.4 Å². The van der Waals surface area contributed by atoms with E-state index in [1.54, 1.807) is 11.9 Å². The fraction of sp³-hybridized carbons (Fsp3) is 0.588. The summed E-state index contributed by atoms with van der Waals surface area (Å²) in [4.78, 5) is 46.7. The fourth-order valence-corrected chi connectivity index (χ4v) is 7.59. The average molecular weight is 663 g/mol. The molecule has 2 aliphatic carbocycles. The molecular weight excluding hydrogens is 617 g/mol.